The number of allylic oxidation sites excluding steroid dienone is 1. The molecule has 0 spiro atoms. The smallest absolute Gasteiger partial charge is 0.189 e. The molecule has 21 heavy (non-hydrogen) atoms. The Labute approximate surface area is 127 Å². The zero-order valence-corrected chi connectivity index (χ0v) is 12.5. The number of aliphatic hydroxyl groups excluding tert-OH is 1. The summed E-state index contributed by atoms with van der Waals surface area (Å²) in [5.74, 6) is -0.925. The minimum absolute atomic E-state index is 0.00962. The van der Waals surface area contributed by atoms with E-state index < -0.39 is 11.9 Å². The van der Waals surface area contributed by atoms with Crippen LogP contribution in [0.1, 0.15) is 6.42 Å². The summed E-state index contributed by atoms with van der Waals surface area (Å²) in [6, 6.07) is -0.426. The van der Waals surface area contributed by atoms with Gasteiger partial charge in [0.15, 0.2) is 15.8 Å². The number of aromatic nitrogens is 3. The zero-order valence-electron chi connectivity index (χ0n) is 10.9. The van der Waals surface area contributed by atoms with Gasteiger partial charge >= 0.3 is 0 Å². The van der Waals surface area contributed by atoms with E-state index in [0.29, 0.717) is 15.8 Å². The molecular formula is C12H10FN5OS2. The van der Waals surface area contributed by atoms with Crippen LogP contribution in [0, 0.1) is 0 Å². The van der Waals surface area contributed by atoms with E-state index in [0.717, 1.165) is 5.39 Å². The van der Waals surface area contributed by atoms with Crippen LogP contribution in [0.5, 0.6) is 0 Å². The Bertz CT molecular complexity index is 770. The van der Waals surface area contributed by atoms with Crippen LogP contribution in [0.15, 0.2) is 45.3 Å². The van der Waals surface area contributed by atoms with Crippen molar-refractivity contribution >= 4 is 39.3 Å². The molecule has 0 fully saturated rings. The van der Waals surface area contributed by atoms with Crippen molar-refractivity contribution < 1.29 is 9.50 Å². The van der Waals surface area contributed by atoms with E-state index in [-0.39, 0.29) is 12.2 Å². The second kappa shape index (κ2) is 5.86. The lowest BCUT2D eigenvalue weighted by atomic mass is 10.1. The largest absolute Gasteiger partial charge is 0.505 e. The quantitative estimate of drug-likeness (QED) is 0.525. The SMILES string of the molecule is CSc1ncc2c(N=NC3C=CC(O)=C(F)C3)snc2n1. The molecule has 1 aliphatic rings. The van der Waals surface area contributed by atoms with Crippen molar-refractivity contribution in [3.63, 3.8) is 0 Å². The van der Waals surface area contributed by atoms with Crippen LogP contribution in [-0.2, 0) is 0 Å². The van der Waals surface area contributed by atoms with Crippen molar-refractivity contribution in [2.75, 3.05) is 6.26 Å². The van der Waals surface area contributed by atoms with Crippen molar-refractivity contribution in [2.45, 2.75) is 17.6 Å². The van der Waals surface area contributed by atoms with E-state index in [1.807, 2.05) is 6.26 Å². The molecule has 0 saturated carbocycles. The van der Waals surface area contributed by atoms with Crippen molar-refractivity contribution in [3.8, 4) is 0 Å². The molecule has 1 N–H and O–H groups in total. The van der Waals surface area contributed by atoms with Crippen molar-refractivity contribution in [1.82, 2.24) is 14.3 Å². The average Bonchev–Trinajstić information content (AvgIpc) is 2.90. The van der Waals surface area contributed by atoms with Gasteiger partial charge in [-0.25, -0.2) is 14.4 Å². The van der Waals surface area contributed by atoms with Gasteiger partial charge in [-0.1, -0.05) is 17.8 Å². The summed E-state index contributed by atoms with van der Waals surface area (Å²) in [7, 11) is 0. The lowest BCUT2D eigenvalue weighted by Crippen LogP contribution is -2.05. The van der Waals surface area contributed by atoms with Gasteiger partial charge in [0.2, 0.25) is 0 Å². The molecule has 108 valence electrons. The Morgan fingerprint density at radius 1 is 1.52 bits per heavy atom. The van der Waals surface area contributed by atoms with Gasteiger partial charge in [-0.15, -0.1) is 5.11 Å². The number of nitrogens with zero attached hydrogens (tertiary/aromatic N) is 5. The van der Waals surface area contributed by atoms with Gasteiger partial charge in [-0.2, -0.15) is 9.49 Å². The first-order valence-electron chi connectivity index (χ1n) is 6.00. The summed E-state index contributed by atoms with van der Waals surface area (Å²) in [4.78, 5) is 8.44. The molecule has 2 aromatic rings. The summed E-state index contributed by atoms with van der Waals surface area (Å²) >= 11 is 2.61. The van der Waals surface area contributed by atoms with Crippen LogP contribution in [0.4, 0.5) is 9.39 Å². The monoisotopic (exact) mass is 323 g/mol. The van der Waals surface area contributed by atoms with Gasteiger partial charge in [-0.05, 0) is 23.9 Å². The van der Waals surface area contributed by atoms with Crippen LogP contribution in [0.2, 0.25) is 0 Å². The van der Waals surface area contributed by atoms with Crippen molar-refractivity contribution in [2.24, 2.45) is 10.2 Å². The number of hydrogen-bond acceptors (Lipinski definition) is 8. The molecule has 2 aromatic heterocycles. The van der Waals surface area contributed by atoms with Gasteiger partial charge in [0.1, 0.15) is 11.6 Å². The molecule has 6 nitrogen and oxygen atoms in total. The second-order valence-electron chi connectivity index (χ2n) is 4.22. The summed E-state index contributed by atoms with van der Waals surface area (Å²) in [6.45, 7) is 0. The minimum atomic E-state index is -0.580. The molecule has 0 aliphatic heterocycles. The number of rotatable bonds is 3. The Morgan fingerprint density at radius 2 is 2.38 bits per heavy atom. The van der Waals surface area contributed by atoms with Crippen LogP contribution in [0.3, 0.4) is 0 Å². The fourth-order valence-corrected chi connectivity index (χ4v) is 2.71. The zero-order chi connectivity index (χ0) is 14.8. The van der Waals surface area contributed by atoms with Crippen molar-refractivity contribution in [1.29, 1.82) is 0 Å². The van der Waals surface area contributed by atoms with Gasteiger partial charge in [0.05, 0.1) is 11.4 Å². The van der Waals surface area contributed by atoms with Crippen molar-refractivity contribution in [3.05, 3.63) is 29.9 Å². The van der Waals surface area contributed by atoms with Gasteiger partial charge < -0.3 is 5.11 Å². The highest BCUT2D eigenvalue weighted by molar-refractivity contribution is 7.98. The Balaban J connectivity index is 1.82. The molecule has 3 rings (SSSR count). The van der Waals surface area contributed by atoms with E-state index in [1.165, 1.54) is 29.4 Å². The van der Waals surface area contributed by atoms with Gasteiger partial charge in [0.25, 0.3) is 0 Å². The summed E-state index contributed by atoms with van der Waals surface area (Å²) in [5.41, 5.74) is 0.580. The molecular weight excluding hydrogens is 313 g/mol. The van der Waals surface area contributed by atoms with E-state index in [4.69, 9.17) is 5.11 Å². The lowest BCUT2D eigenvalue weighted by Gasteiger charge is -2.09. The first kappa shape index (κ1) is 14.1. The molecule has 2 heterocycles. The fourth-order valence-electron chi connectivity index (χ4n) is 1.74. The topological polar surface area (TPSA) is 83.6 Å². The lowest BCUT2D eigenvalue weighted by molar-refractivity contribution is 0.382. The standard InChI is InChI=1S/C12H10FN5OS2/c1-20-12-14-5-7-10(15-12)18-21-11(7)17-16-6-2-3-9(19)8(13)4-6/h2-3,5-6,19H,4H2,1H3. The minimum Gasteiger partial charge on any atom is -0.505 e. The summed E-state index contributed by atoms with van der Waals surface area (Å²) in [5, 5.41) is 19.3. The molecule has 0 saturated heterocycles. The Morgan fingerprint density at radius 3 is 3.14 bits per heavy atom. The molecule has 1 atom stereocenters. The maximum atomic E-state index is 13.3. The number of azo groups is 1. The summed E-state index contributed by atoms with van der Waals surface area (Å²) in [6.07, 6.45) is 6.46. The Hall–Kier alpha value is -1.87. The third-order valence-corrected chi connectivity index (χ3v) is 4.12. The molecule has 1 unspecified atom stereocenters. The molecule has 9 heteroatoms. The third kappa shape index (κ3) is 2.93. The van der Waals surface area contributed by atoms with E-state index in [2.05, 4.69) is 24.6 Å². The summed E-state index contributed by atoms with van der Waals surface area (Å²) < 4.78 is 17.5. The fraction of sp³-hybridized carbons (Fsp3) is 0.250. The highest BCUT2D eigenvalue weighted by atomic mass is 32.2. The molecule has 0 amide bonds. The van der Waals surface area contributed by atoms with Gasteiger partial charge in [0, 0.05) is 12.6 Å². The van der Waals surface area contributed by atoms with E-state index >= 15 is 0 Å². The number of aliphatic hydroxyl groups is 1. The number of fused-ring (bicyclic) bond motifs is 1. The van der Waals surface area contributed by atoms with E-state index in [1.54, 1.807) is 12.3 Å². The highest BCUT2D eigenvalue weighted by Gasteiger charge is 2.16. The normalized spacial score (nSPS) is 19.0. The van der Waals surface area contributed by atoms with Gasteiger partial charge in [-0.3, -0.25) is 0 Å². The van der Waals surface area contributed by atoms with Crippen LogP contribution < -0.4 is 0 Å². The maximum Gasteiger partial charge on any atom is 0.189 e. The highest BCUT2D eigenvalue weighted by Crippen LogP contribution is 2.31. The van der Waals surface area contributed by atoms with Crippen LogP contribution >= 0.6 is 23.3 Å². The number of thioether (sulfide) groups is 1. The molecule has 0 bridgehead atoms. The third-order valence-electron chi connectivity index (χ3n) is 2.82. The van der Waals surface area contributed by atoms with Crippen LogP contribution in [0.25, 0.3) is 11.0 Å². The maximum absolute atomic E-state index is 13.3. The molecule has 0 radical (unpaired) electrons. The second-order valence-corrected chi connectivity index (χ2v) is 5.74. The predicted octanol–water partition coefficient (Wildman–Crippen LogP) is 3.96. The molecule has 1 aliphatic carbocycles. The first-order valence-corrected chi connectivity index (χ1v) is 8.00. The Kier molecular flexibility index (Phi) is 3.93. The van der Waals surface area contributed by atoms with Crippen LogP contribution in [-0.4, -0.2) is 31.7 Å². The van der Waals surface area contributed by atoms with E-state index in [9.17, 15) is 4.39 Å². The first-order chi connectivity index (χ1) is 10.2. The number of hydrogen-bond donors (Lipinski definition) is 1. The molecule has 0 aromatic carbocycles. The number of halogens is 1. The average molecular weight is 323 g/mol. The predicted molar refractivity (Wildman–Crippen MR) is 79.8 cm³/mol.